The summed E-state index contributed by atoms with van der Waals surface area (Å²) in [6, 6.07) is 21.6. The monoisotopic (exact) mass is 469 g/mol. The van der Waals surface area contributed by atoms with Gasteiger partial charge in [-0.15, -0.1) is 0 Å². The molecule has 156 valence electrons. The van der Waals surface area contributed by atoms with Crippen LogP contribution in [0.1, 0.15) is 6.42 Å². The molecule has 0 aliphatic heterocycles. The lowest BCUT2D eigenvalue weighted by atomic mass is 10.2. The van der Waals surface area contributed by atoms with Crippen LogP contribution in [-0.4, -0.2) is 21.2 Å². The molecule has 0 atom stereocenters. The molecule has 31 heavy (non-hydrogen) atoms. The smallest absolute Gasteiger partial charge is 0.266 e. The lowest BCUT2D eigenvalue weighted by molar-refractivity contribution is -0.115. The Morgan fingerprint density at radius 3 is 2.52 bits per heavy atom. The van der Waals surface area contributed by atoms with E-state index >= 15 is 0 Å². The van der Waals surface area contributed by atoms with Crippen LogP contribution in [0.4, 0.5) is 5.69 Å². The fraction of sp³-hybridized carbons (Fsp3) is 0.0870. The van der Waals surface area contributed by atoms with Crippen molar-refractivity contribution in [2.75, 3.05) is 11.1 Å². The van der Waals surface area contributed by atoms with E-state index < -0.39 is 0 Å². The number of thioether (sulfide) groups is 1. The average Bonchev–Trinajstić information content (AvgIpc) is 2.78. The number of halogens is 2. The van der Waals surface area contributed by atoms with E-state index in [1.54, 1.807) is 28.8 Å². The minimum atomic E-state index is -0.203. The minimum Gasteiger partial charge on any atom is -0.325 e. The first kappa shape index (κ1) is 21.4. The molecule has 3 aromatic carbocycles. The topological polar surface area (TPSA) is 64.0 Å². The molecule has 0 bridgehead atoms. The highest BCUT2D eigenvalue weighted by molar-refractivity contribution is 7.99. The van der Waals surface area contributed by atoms with Gasteiger partial charge >= 0.3 is 0 Å². The first-order valence-corrected chi connectivity index (χ1v) is 11.2. The summed E-state index contributed by atoms with van der Waals surface area (Å²) < 4.78 is 1.58. The third kappa shape index (κ3) is 4.77. The van der Waals surface area contributed by atoms with Crippen molar-refractivity contribution >= 4 is 57.5 Å². The number of hydrogen-bond acceptors (Lipinski definition) is 4. The standard InChI is InChI=1S/C23H17Cl2N3O2S/c24-17-10-6-12-19(21(17)25)26-20(29)13-14-31-23-27-18-11-5-4-9-16(18)22(30)28(23)15-7-2-1-3-8-15/h1-12H,13-14H2,(H,26,29). The van der Waals surface area contributed by atoms with E-state index in [2.05, 4.69) is 10.3 Å². The van der Waals surface area contributed by atoms with Crippen molar-refractivity contribution in [2.24, 2.45) is 0 Å². The van der Waals surface area contributed by atoms with Crippen LogP contribution in [0.25, 0.3) is 16.6 Å². The van der Waals surface area contributed by atoms with Gasteiger partial charge in [0.15, 0.2) is 5.16 Å². The summed E-state index contributed by atoms with van der Waals surface area (Å²) >= 11 is 13.5. The third-order valence-corrected chi connectivity index (χ3v) is 6.30. The third-order valence-electron chi connectivity index (χ3n) is 4.55. The summed E-state index contributed by atoms with van der Waals surface area (Å²) in [4.78, 5) is 30.2. The second-order valence-corrected chi connectivity index (χ2v) is 8.48. The zero-order chi connectivity index (χ0) is 21.8. The summed E-state index contributed by atoms with van der Waals surface area (Å²) in [5.41, 5.74) is 1.67. The number of carbonyl (C=O) groups is 1. The highest BCUT2D eigenvalue weighted by atomic mass is 35.5. The van der Waals surface area contributed by atoms with Gasteiger partial charge in [-0.1, -0.05) is 71.4 Å². The highest BCUT2D eigenvalue weighted by Crippen LogP contribution is 2.30. The Labute approximate surface area is 193 Å². The van der Waals surface area contributed by atoms with Gasteiger partial charge in [0.05, 0.1) is 32.3 Å². The van der Waals surface area contributed by atoms with Crippen molar-refractivity contribution < 1.29 is 4.79 Å². The van der Waals surface area contributed by atoms with Gasteiger partial charge in [-0.25, -0.2) is 4.98 Å². The number of anilines is 1. The molecule has 8 heteroatoms. The van der Waals surface area contributed by atoms with Gasteiger partial charge in [-0.2, -0.15) is 0 Å². The molecule has 0 aliphatic rings. The second-order valence-electron chi connectivity index (χ2n) is 6.64. The molecule has 0 unspecified atom stereocenters. The van der Waals surface area contributed by atoms with E-state index in [4.69, 9.17) is 23.2 Å². The number of para-hydroxylation sites is 2. The number of carbonyl (C=O) groups excluding carboxylic acids is 1. The van der Waals surface area contributed by atoms with Gasteiger partial charge in [0.25, 0.3) is 5.56 Å². The zero-order valence-electron chi connectivity index (χ0n) is 16.2. The predicted octanol–water partition coefficient (Wildman–Crippen LogP) is 5.81. The molecule has 5 nitrogen and oxygen atoms in total. The molecule has 1 N–H and O–H groups in total. The summed E-state index contributed by atoms with van der Waals surface area (Å²) in [7, 11) is 0. The first-order valence-electron chi connectivity index (χ1n) is 9.48. The summed E-state index contributed by atoms with van der Waals surface area (Å²) in [6.07, 6.45) is 0.213. The fourth-order valence-electron chi connectivity index (χ4n) is 3.06. The van der Waals surface area contributed by atoms with Crippen LogP contribution in [0.3, 0.4) is 0 Å². The predicted molar refractivity (Wildman–Crippen MR) is 128 cm³/mol. The fourth-order valence-corrected chi connectivity index (χ4v) is 4.36. The van der Waals surface area contributed by atoms with Crippen molar-refractivity contribution in [3.8, 4) is 5.69 Å². The summed E-state index contributed by atoms with van der Waals surface area (Å²) in [6.45, 7) is 0. The largest absolute Gasteiger partial charge is 0.325 e. The number of aromatic nitrogens is 2. The number of fused-ring (bicyclic) bond motifs is 1. The van der Waals surface area contributed by atoms with Crippen LogP contribution in [-0.2, 0) is 4.79 Å². The number of nitrogens with zero attached hydrogens (tertiary/aromatic N) is 2. The van der Waals surface area contributed by atoms with E-state index in [1.165, 1.54) is 11.8 Å². The maximum absolute atomic E-state index is 13.2. The molecule has 0 fully saturated rings. The van der Waals surface area contributed by atoms with Crippen molar-refractivity contribution in [1.82, 2.24) is 9.55 Å². The van der Waals surface area contributed by atoms with Crippen LogP contribution < -0.4 is 10.9 Å². The Morgan fingerprint density at radius 1 is 0.968 bits per heavy atom. The number of rotatable bonds is 6. The quantitative estimate of drug-likeness (QED) is 0.285. The maximum atomic E-state index is 13.2. The highest BCUT2D eigenvalue weighted by Gasteiger charge is 2.14. The van der Waals surface area contributed by atoms with E-state index in [1.807, 2.05) is 48.5 Å². The molecule has 1 heterocycles. The Balaban J connectivity index is 1.56. The Hall–Kier alpha value is -2.80. The molecule has 0 spiro atoms. The Morgan fingerprint density at radius 2 is 1.71 bits per heavy atom. The molecule has 4 aromatic rings. The number of amides is 1. The second kappa shape index (κ2) is 9.56. The number of hydrogen-bond donors (Lipinski definition) is 1. The van der Waals surface area contributed by atoms with E-state index in [9.17, 15) is 9.59 Å². The van der Waals surface area contributed by atoms with Gasteiger partial charge in [-0.3, -0.25) is 14.2 Å². The average molecular weight is 470 g/mol. The van der Waals surface area contributed by atoms with Crippen molar-refractivity contribution in [2.45, 2.75) is 11.6 Å². The SMILES string of the molecule is O=C(CCSc1nc2ccccc2c(=O)n1-c1ccccc1)Nc1cccc(Cl)c1Cl. The first-order chi connectivity index (χ1) is 15.0. The summed E-state index contributed by atoms with van der Waals surface area (Å²) in [5.74, 6) is 0.229. The Kier molecular flexibility index (Phi) is 6.61. The van der Waals surface area contributed by atoms with E-state index in [-0.39, 0.29) is 17.9 Å². The molecule has 0 aliphatic carbocycles. The lowest BCUT2D eigenvalue weighted by Gasteiger charge is -2.13. The molecular formula is C23H17Cl2N3O2S. The van der Waals surface area contributed by atoms with Crippen LogP contribution in [0, 0.1) is 0 Å². The van der Waals surface area contributed by atoms with E-state index in [0.29, 0.717) is 37.5 Å². The maximum Gasteiger partial charge on any atom is 0.266 e. The van der Waals surface area contributed by atoms with Gasteiger partial charge in [-0.05, 0) is 36.4 Å². The van der Waals surface area contributed by atoms with Crippen molar-refractivity contribution in [1.29, 1.82) is 0 Å². The zero-order valence-corrected chi connectivity index (χ0v) is 18.5. The van der Waals surface area contributed by atoms with Crippen LogP contribution in [0.2, 0.25) is 10.0 Å². The molecule has 0 saturated carbocycles. The normalized spacial score (nSPS) is 10.9. The molecule has 0 radical (unpaired) electrons. The summed E-state index contributed by atoms with van der Waals surface area (Å²) in [5, 5.41) is 4.52. The molecule has 1 amide bonds. The van der Waals surface area contributed by atoms with Gasteiger partial charge in [0.2, 0.25) is 5.91 Å². The van der Waals surface area contributed by atoms with Crippen molar-refractivity contribution in [3.63, 3.8) is 0 Å². The molecule has 4 rings (SSSR count). The lowest BCUT2D eigenvalue weighted by Crippen LogP contribution is -2.22. The van der Waals surface area contributed by atoms with Crippen LogP contribution >= 0.6 is 35.0 Å². The number of benzene rings is 3. The molecule has 0 saturated heterocycles. The van der Waals surface area contributed by atoms with Gasteiger partial charge < -0.3 is 5.32 Å². The number of nitrogens with one attached hydrogen (secondary N) is 1. The van der Waals surface area contributed by atoms with Crippen LogP contribution in [0.15, 0.2) is 82.7 Å². The molecular weight excluding hydrogens is 453 g/mol. The van der Waals surface area contributed by atoms with Gasteiger partial charge in [0.1, 0.15) is 0 Å². The van der Waals surface area contributed by atoms with E-state index in [0.717, 1.165) is 5.69 Å². The minimum absolute atomic E-state index is 0.144. The van der Waals surface area contributed by atoms with Crippen molar-refractivity contribution in [3.05, 3.63) is 93.2 Å². The molecule has 1 aromatic heterocycles. The Bertz CT molecular complexity index is 1310. The van der Waals surface area contributed by atoms with Crippen LogP contribution in [0.5, 0.6) is 0 Å². The van der Waals surface area contributed by atoms with Gasteiger partial charge in [0, 0.05) is 12.2 Å².